The number of hydrogen-bond acceptors (Lipinski definition) is 3. The van der Waals surface area contributed by atoms with Crippen LogP contribution < -0.4 is 5.32 Å². The van der Waals surface area contributed by atoms with Gasteiger partial charge in [-0.2, -0.15) is 0 Å². The predicted octanol–water partition coefficient (Wildman–Crippen LogP) is 1.73. The van der Waals surface area contributed by atoms with Crippen molar-refractivity contribution in [3.05, 3.63) is 30.3 Å². The minimum atomic E-state index is -0.642. The Hall–Kier alpha value is -2.37. The van der Waals surface area contributed by atoms with Crippen molar-refractivity contribution in [3.8, 4) is 0 Å². The number of nitrogens with zero attached hydrogens (tertiary/aromatic N) is 2. The van der Waals surface area contributed by atoms with Gasteiger partial charge in [-0.25, -0.2) is 0 Å². The summed E-state index contributed by atoms with van der Waals surface area (Å²) < 4.78 is 0. The Morgan fingerprint density at radius 2 is 1.50 bits per heavy atom. The van der Waals surface area contributed by atoms with Gasteiger partial charge in [0.15, 0.2) is 0 Å². The van der Waals surface area contributed by atoms with Crippen molar-refractivity contribution in [1.82, 2.24) is 9.80 Å². The Labute approximate surface area is 142 Å². The summed E-state index contributed by atoms with van der Waals surface area (Å²) >= 11 is 0. The first kappa shape index (κ1) is 18.0. The molecule has 0 unspecified atom stereocenters. The molecule has 1 aromatic carbocycles. The molecule has 0 aliphatic carbocycles. The molecule has 0 saturated carbocycles. The molecule has 0 aromatic heterocycles. The predicted molar refractivity (Wildman–Crippen MR) is 92.3 cm³/mol. The normalized spacial score (nSPS) is 15.6. The van der Waals surface area contributed by atoms with Gasteiger partial charge in [0.2, 0.25) is 5.91 Å². The van der Waals surface area contributed by atoms with E-state index in [2.05, 4.69) is 5.32 Å². The van der Waals surface area contributed by atoms with Crippen LogP contribution in [0.2, 0.25) is 0 Å². The van der Waals surface area contributed by atoms with Crippen LogP contribution in [0, 0.1) is 5.41 Å². The summed E-state index contributed by atoms with van der Waals surface area (Å²) in [5, 5.41) is 2.61. The maximum atomic E-state index is 12.4. The second kappa shape index (κ2) is 7.47. The Morgan fingerprint density at radius 3 is 2.12 bits per heavy atom. The first-order valence-electron chi connectivity index (χ1n) is 8.24. The fourth-order valence-corrected chi connectivity index (χ4v) is 2.65. The summed E-state index contributed by atoms with van der Waals surface area (Å²) in [6.07, 6.45) is 0.673. The Bertz CT molecular complexity index is 608. The van der Waals surface area contributed by atoms with E-state index >= 15 is 0 Å². The summed E-state index contributed by atoms with van der Waals surface area (Å²) in [6, 6.07) is 8.89. The van der Waals surface area contributed by atoms with Crippen molar-refractivity contribution in [2.45, 2.75) is 27.2 Å². The van der Waals surface area contributed by atoms with Gasteiger partial charge in [-0.1, -0.05) is 39.0 Å². The summed E-state index contributed by atoms with van der Waals surface area (Å²) in [5.74, 6) is -1.12. The number of para-hydroxylation sites is 1. The lowest BCUT2D eigenvalue weighted by molar-refractivity contribution is -0.143. The van der Waals surface area contributed by atoms with Crippen LogP contribution in [0.3, 0.4) is 0 Å². The lowest BCUT2D eigenvalue weighted by Crippen LogP contribution is -2.44. The highest BCUT2D eigenvalue weighted by Gasteiger charge is 2.30. The van der Waals surface area contributed by atoms with Crippen molar-refractivity contribution in [2.24, 2.45) is 5.41 Å². The third-order valence-electron chi connectivity index (χ3n) is 3.94. The molecule has 1 heterocycles. The molecule has 1 aliphatic rings. The quantitative estimate of drug-likeness (QED) is 0.797. The standard InChI is InChI=1S/C18H25N3O3/c1-18(2,3)17(24)21-11-7-10-20(12-13-21)16(23)15(22)19-14-8-5-4-6-9-14/h4-6,8-9H,7,10-13H2,1-3H3,(H,19,22). The van der Waals surface area contributed by atoms with Crippen LogP contribution in [0.4, 0.5) is 5.69 Å². The molecule has 0 spiro atoms. The minimum Gasteiger partial charge on any atom is -0.340 e. The van der Waals surface area contributed by atoms with Crippen LogP contribution >= 0.6 is 0 Å². The molecular formula is C18H25N3O3. The summed E-state index contributed by atoms with van der Waals surface area (Å²) in [5.41, 5.74) is 0.152. The van der Waals surface area contributed by atoms with E-state index in [4.69, 9.17) is 0 Å². The number of rotatable bonds is 1. The second-order valence-electron chi connectivity index (χ2n) is 7.01. The molecule has 0 atom stereocenters. The molecule has 130 valence electrons. The maximum absolute atomic E-state index is 12.4. The Morgan fingerprint density at radius 1 is 0.917 bits per heavy atom. The van der Waals surface area contributed by atoms with Crippen LogP contribution in [0.5, 0.6) is 0 Å². The zero-order valence-electron chi connectivity index (χ0n) is 14.5. The number of nitrogens with one attached hydrogen (secondary N) is 1. The van der Waals surface area contributed by atoms with E-state index in [1.165, 1.54) is 4.90 Å². The molecule has 3 amide bonds. The molecule has 0 radical (unpaired) electrons. The number of carbonyl (C=O) groups excluding carboxylic acids is 3. The van der Waals surface area contributed by atoms with Crippen LogP contribution in [0.1, 0.15) is 27.2 Å². The highest BCUT2D eigenvalue weighted by Crippen LogP contribution is 2.18. The molecule has 1 fully saturated rings. The number of hydrogen-bond donors (Lipinski definition) is 1. The van der Waals surface area contributed by atoms with Crippen LogP contribution in [0.15, 0.2) is 30.3 Å². The van der Waals surface area contributed by atoms with Crippen molar-refractivity contribution in [2.75, 3.05) is 31.5 Å². The summed E-state index contributed by atoms with van der Waals surface area (Å²) in [4.78, 5) is 40.1. The van der Waals surface area contributed by atoms with Crippen molar-refractivity contribution in [3.63, 3.8) is 0 Å². The molecule has 0 bridgehead atoms. The van der Waals surface area contributed by atoms with E-state index in [1.54, 1.807) is 29.2 Å². The molecule has 1 saturated heterocycles. The minimum absolute atomic E-state index is 0.0746. The van der Waals surface area contributed by atoms with E-state index in [-0.39, 0.29) is 5.91 Å². The van der Waals surface area contributed by atoms with Crippen LogP contribution in [0.25, 0.3) is 0 Å². The molecule has 1 aromatic rings. The number of amides is 3. The SMILES string of the molecule is CC(C)(C)C(=O)N1CCCN(C(=O)C(=O)Nc2ccccc2)CC1. The summed E-state index contributed by atoms with van der Waals surface area (Å²) in [6.45, 7) is 7.59. The second-order valence-corrected chi connectivity index (χ2v) is 7.01. The van der Waals surface area contributed by atoms with Gasteiger partial charge in [0.1, 0.15) is 0 Å². The third kappa shape index (κ3) is 4.57. The third-order valence-corrected chi connectivity index (χ3v) is 3.94. The summed E-state index contributed by atoms with van der Waals surface area (Å²) in [7, 11) is 0. The first-order valence-corrected chi connectivity index (χ1v) is 8.24. The lowest BCUT2D eigenvalue weighted by Gasteiger charge is -2.28. The molecule has 6 heteroatoms. The fraction of sp³-hybridized carbons (Fsp3) is 0.500. The topological polar surface area (TPSA) is 69.7 Å². The average molecular weight is 331 g/mol. The zero-order valence-corrected chi connectivity index (χ0v) is 14.5. The van der Waals surface area contributed by atoms with Gasteiger partial charge in [-0.3, -0.25) is 14.4 Å². The zero-order chi connectivity index (χ0) is 17.7. The molecule has 1 aliphatic heterocycles. The van der Waals surface area contributed by atoms with E-state index in [1.807, 2.05) is 26.8 Å². The van der Waals surface area contributed by atoms with Gasteiger partial charge in [0.25, 0.3) is 0 Å². The maximum Gasteiger partial charge on any atom is 0.313 e. The van der Waals surface area contributed by atoms with Gasteiger partial charge in [-0.05, 0) is 18.6 Å². The molecule has 2 rings (SSSR count). The number of carbonyl (C=O) groups is 3. The van der Waals surface area contributed by atoms with Crippen molar-refractivity contribution < 1.29 is 14.4 Å². The average Bonchev–Trinajstić information content (AvgIpc) is 2.79. The molecule has 1 N–H and O–H groups in total. The van der Waals surface area contributed by atoms with Crippen LogP contribution in [-0.4, -0.2) is 53.7 Å². The number of benzene rings is 1. The van der Waals surface area contributed by atoms with E-state index in [0.717, 1.165) is 0 Å². The number of anilines is 1. The van der Waals surface area contributed by atoms with Gasteiger partial charge < -0.3 is 15.1 Å². The van der Waals surface area contributed by atoms with Crippen LogP contribution in [-0.2, 0) is 14.4 Å². The van der Waals surface area contributed by atoms with Gasteiger partial charge >= 0.3 is 11.8 Å². The van der Waals surface area contributed by atoms with Gasteiger partial charge in [-0.15, -0.1) is 0 Å². The molecule has 24 heavy (non-hydrogen) atoms. The highest BCUT2D eigenvalue weighted by atomic mass is 16.2. The monoisotopic (exact) mass is 331 g/mol. The molecule has 6 nitrogen and oxygen atoms in total. The first-order chi connectivity index (χ1) is 11.3. The highest BCUT2D eigenvalue weighted by molar-refractivity contribution is 6.39. The molecular weight excluding hydrogens is 306 g/mol. The van der Waals surface area contributed by atoms with E-state index in [0.29, 0.717) is 38.3 Å². The Kier molecular flexibility index (Phi) is 5.59. The van der Waals surface area contributed by atoms with E-state index < -0.39 is 17.2 Å². The van der Waals surface area contributed by atoms with Gasteiger partial charge in [0.05, 0.1) is 0 Å². The van der Waals surface area contributed by atoms with Gasteiger partial charge in [0, 0.05) is 37.3 Å². The van der Waals surface area contributed by atoms with E-state index in [9.17, 15) is 14.4 Å². The lowest BCUT2D eigenvalue weighted by atomic mass is 9.94. The fourth-order valence-electron chi connectivity index (χ4n) is 2.65. The van der Waals surface area contributed by atoms with Crippen molar-refractivity contribution >= 4 is 23.4 Å². The smallest absolute Gasteiger partial charge is 0.313 e. The van der Waals surface area contributed by atoms with Crippen molar-refractivity contribution in [1.29, 1.82) is 0 Å². The Balaban J connectivity index is 1.94. The largest absolute Gasteiger partial charge is 0.340 e.